The fourth-order valence-corrected chi connectivity index (χ4v) is 3.64. The highest BCUT2D eigenvalue weighted by Crippen LogP contribution is 2.48. The molecule has 3 nitrogen and oxygen atoms in total. The van der Waals surface area contributed by atoms with Gasteiger partial charge in [0.05, 0.1) is 7.11 Å². The Morgan fingerprint density at radius 3 is 2.41 bits per heavy atom. The molecule has 0 atom stereocenters. The molecule has 1 fully saturated rings. The van der Waals surface area contributed by atoms with Crippen LogP contribution in [-0.4, -0.2) is 24.8 Å². The van der Waals surface area contributed by atoms with E-state index in [1.807, 2.05) is 0 Å². The van der Waals surface area contributed by atoms with Crippen LogP contribution in [-0.2, 0) is 9.53 Å². The number of allylic oxidation sites excluding steroid dienone is 2. The van der Waals surface area contributed by atoms with Crippen LogP contribution in [0.4, 0.5) is 0 Å². The minimum atomic E-state index is -0.152. The third-order valence-corrected chi connectivity index (χ3v) is 5.37. The first-order valence-electron chi connectivity index (χ1n) is 8.66. The molecule has 0 bridgehead atoms. The summed E-state index contributed by atoms with van der Waals surface area (Å²) in [5.41, 5.74) is 0.653. The highest BCUT2D eigenvalue weighted by atomic mass is 16.5. The van der Waals surface area contributed by atoms with Gasteiger partial charge in [-0.1, -0.05) is 32.9 Å². The largest absolute Gasteiger partial charge is 0.469 e. The molecule has 0 aromatic carbocycles. The number of hydrogen-bond donors (Lipinski definition) is 1. The van der Waals surface area contributed by atoms with E-state index in [1.54, 1.807) is 0 Å². The lowest BCUT2D eigenvalue weighted by Crippen LogP contribution is -2.33. The van der Waals surface area contributed by atoms with Crippen LogP contribution in [0.5, 0.6) is 0 Å². The zero-order valence-electron chi connectivity index (χ0n) is 14.9. The van der Waals surface area contributed by atoms with Gasteiger partial charge in [0.1, 0.15) is 0 Å². The lowest BCUT2D eigenvalue weighted by molar-refractivity contribution is -0.140. The molecule has 0 aromatic heterocycles. The van der Waals surface area contributed by atoms with Gasteiger partial charge in [0.2, 0.25) is 0 Å². The Morgan fingerprint density at radius 2 is 1.91 bits per heavy atom. The summed E-state index contributed by atoms with van der Waals surface area (Å²) in [6, 6.07) is 0. The van der Waals surface area contributed by atoms with Crippen molar-refractivity contribution in [2.45, 2.75) is 72.1 Å². The minimum absolute atomic E-state index is 0.152. The number of carbonyl (C=O) groups excluding carboxylic acids is 1. The van der Waals surface area contributed by atoms with Crippen LogP contribution in [0.2, 0.25) is 0 Å². The van der Waals surface area contributed by atoms with Gasteiger partial charge in [-0.2, -0.15) is 0 Å². The Morgan fingerprint density at radius 1 is 1.27 bits per heavy atom. The number of rotatable bonds is 7. The number of esters is 1. The van der Waals surface area contributed by atoms with Crippen LogP contribution in [0.15, 0.2) is 12.2 Å². The molecule has 3 heteroatoms. The summed E-state index contributed by atoms with van der Waals surface area (Å²) < 4.78 is 4.64. The maximum atomic E-state index is 11.1. The minimum Gasteiger partial charge on any atom is -0.469 e. The van der Waals surface area contributed by atoms with Crippen LogP contribution < -0.4 is 0 Å². The Bertz CT molecular complexity index is 357. The Hall–Kier alpha value is -0.830. The molecule has 0 aromatic rings. The van der Waals surface area contributed by atoms with Crippen LogP contribution in [0.25, 0.3) is 0 Å². The predicted molar refractivity (Wildman–Crippen MR) is 90.6 cm³/mol. The zero-order valence-corrected chi connectivity index (χ0v) is 14.9. The molecule has 1 aliphatic rings. The van der Waals surface area contributed by atoms with Crippen molar-refractivity contribution < 1.29 is 14.6 Å². The van der Waals surface area contributed by atoms with Gasteiger partial charge in [0.25, 0.3) is 0 Å². The highest BCUT2D eigenvalue weighted by molar-refractivity contribution is 5.69. The monoisotopic (exact) mass is 310 g/mol. The average molecular weight is 310 g/mol. The fourth-order valence-electron chi connectivity index (χ4n) is 3.64. The van der Waals surface area contributed by atoms with E-state index >= 15 is 0 Å². The Labute approximate surface area is 136 Å². The number of aliphatic hydroxyl groups is 1. The number of ether oxygens (including phenoxy) is 1. The molecule has 0 saturated heterocycles. The van der Waals surface area contributed by atoms with Gasteiger partial charge in [-0.05, 0) is 61.7 Å². The van der Waals surface area contributed by atoms with Crippen molar-refractivity contribution in [1.29, 1.82) is 0 Å². The molecule has 128 valence electrons. The first-order valence-corrected chi connectivity index (χ1v) is 8.66. The van der Waals surface area contributed by atoms with Crippen molar-refractivity contribution in [3.8, 4) is 0 Å². The molecule has 1 rings (SSSR count). The summed E-state index contributed by atoms with van der Waals surface area (Å²) in [6.45, 7) is 7.28. The number of carbonyl (C=O) groups is 1. The van der Waals surface area contributed by atoms with E-state index in [0.29, 0.717) is 11.8 Å². The third-order valence-electron chi connectivity index (χ3n) is 5.37. The second-order valence-electron chi connectivity index (χ2n) is 7.90. The molecule has 1 aliphatic carbocycles. The summed E-state index contributed by atoms with van der Waals surface area (Å²) in [5.74, 6) is 0.642. The van der Waals surface area contributed by atoms with Crippen molar-refractivity contribution in [2.24, 2.45) is 16.7 Å². The quantitative estimate of drug-likeness (QED) is 0.556. The molecule has 0 spiro atoms. The first-order chi connectivity index (χ1) is 10.3. The summed E-state index contributed by atoms with van der Waals surface area (Å²) >= 11 is 0. The SMILES string of the molecule is COC(=O)CC/C=C\CC1(CCO)CCC(C(C)(C)C)CC1. The van der Waals surface area contributed by atoms with E-state index in [2.05, 4.69) is 37.7 Å². The molecule has 0 amide bonds. The van der Waals surface area contributed by atoms with Gasteiger partial charge in [-0.3, -0.25) is 4.79 Å². The van der Waals surface area contributed by atoms with Crippen molar-refractivity contribution in [2.75, 3.05) is 13.7 Å². The van der Waals surface area contributed by atoms with Gasteiger partial charge in [-0.15, -0.1) is 0 Å². The molecular weight excluding hydrogens is 276 g/mol. The van der Waals surface area contributed by atoms with E-state index < -0.39 is 0 Å². The van der Waals surface area contributed by atoms with E-state index in [0.717, 1.165) is 25.2 Å². The number of hydrogen-bond acceptors (Lipinski definition) is 3. The number of methoxy groups -OCH3 is 1. The van der Waals surface area contributed by atoms with Crippen molar-refractivity contribution in [3.63, 3.8) is 0 Å². The average Bonchev–Trinajstić information content (AvgIpc) is 2.46. The summed E-state index contributed by atoms with van der Waals surface area (Å²) in [7, 11) is 1.43. The van der Waals surface area contributed by atoms with E-state index in [1.165, 1.54) is 32.8 Å². The smallest absolute Gasteiger partial charge is 0.305 e. The lowest BCUT2D eigenvalue weighted by Gasteiger charge is -2.44. The zero-order chi connectivity index (χ0) is 16.6. The molecule has 0 radical (unpaired) electrons. The maximum Gasteiger partial charge on any atom is 0.305 e. The van der Waals surface area contributed by atoms with Crippen molar-refractivity contribution >= 4 is 5.97 Å². The lowest BCUT2D eigenvalue weighted by atomic mass is 9.62. The fraction of sp³-hybridized carbons (Fsp3) is 0.842. The third kappa shape index (κ3) is 6.12. The van der Waals surface area contributed by atoms with Crippen LogP contribution in [0, 0.1) is 16.7 Å². The summed E-state index contributed by atoms with van der Waals surface area (Å²) in [6.07, 6.45) is 12.3. The molecule has 0 aliphatic heterocycles. The van der Waals surface area contributed by atoms with Gasteiger partial charge in [0, 0.05) is 13.0 Å². The number of aliphatic hydroxyl groups excluding tert-OH is 1. The van der Waals surface area contributed by atoms with Crippen molar-refractivity contribution in [1.82, 2.24) is 0 Å². The maximum absolute atomic E-state index is 11.1. The van der Waals surface area contributed by atoms with E-state index in [-0.39, 0.29) is 18.0 Å². The van der Waals surface area contributed by atoms with Gasteiger partial charge in [0.15, 0.2) is 0 Å². The first kappa shape index (κ1) is 19.2. The molecular formula is C19H34O3. The van der Waals surface area contributed by atoms with Crippen LogP contribution in [0.1, 0.15) is 72.1 Å². The van der Waals surface area contributed by atoms with Gasteiger partial charge >= 0.3 is 5.97 Å². The topological polar surface area (TPSA) is 46.5 Å². The second kappa shape index (κ2) is 8.71. The van der Waals surface area contributed by atoms with E-state index in [4.69, 9.17) is 0 Å². The van der Waals surface area contributed by atoms with Crippen molar-refractivity contribution in [3.05, 3.63) is 12.2 Å². The van der Waals surface area contributed by atoms with Crippen LogP contribution in [0.3, 0.4) is 0 Å². The van der Waals surface area contributed by atoms with E-state index in [9.17, 15) is 9.90 Å². The standard InChI is InChI=1S/C19H34O3/c1-18(2,3)16-9-12-19(13-10-16,14-15-20)11-7-5-6-8-17(21)22-4/h5,7,16,20H,6,8-15H2,1-4H3/b7-5-. The molecule has 22 heavy (non-hydrogen) atoms. The molecule has 0 heterocycles. The highest BCUT2D eigenvalue weighted by Gasteiger charge is 2.37. The second-order valence-corrected chi connectivity index (χ2v) is 7.90. The molecule has 0 unspecified atom stereocenters. The Balaban J connectivity index is 2.48. The molecule has 1 N–H and O–H groups in total. The van der Waals surface area contributed by atoms with Gasteiger partial charge in [-0.25, -0.2) is 0 Å². The normalized spacial score (nSPS) is 26.3. The van der Waals surface area contributed by atoms with Crippen LogP contribution >= 0.6 is 0 Å². The summed E-state index contributed by atoms with van der Waals surface area (Å²) in [4.78, 5) is 11.1. The predicted octanol–water partition coefficient (Wildman–Crippen LogP) is 4.49. The van der Waals surface area contributed by atoms with Gasteiger partial charge < -0.3 is 9.84 Å². The molecule has 1 saturated carbocycles. The summed E-state index contributed by atoms with van der Waals surface area (Å²) in [5, 5.41) is 9.43. The Kier molecular flexibility index (Phi) is 7.61.